The summed E-state index contributed by atoms with van der Waals surface area (Å²) in [6.45, 7) is 21.2. The predicted molar refractivity (Wildman–Crippen MR) is 170 cm³/mol. The molecule has 0 N–H and O–H groups in total. The van der Waals surface area contributed by atoms with Crippen LogP contribution in [0.2, 0.25) is 0 Å². The normalized spacial score (nSPS) is 45.6. The first-order chi connectivity index (χ1) is 20.1. The molecule has 240 valence electrons. The smallest absolute Gasteiger partial charge is 0.303 e. The summed E-state index contributed by atoms with van der Waals surface area (Å²) in [5.74, 6) is 3.61. The summed E-state index contributed by atoms with van der Waals surface area (Å²) in [7, 11) is 0. The first kappa shape index (κ1) is 31.3. The van der Waals surface area contributed by atoms with Crippen molar-refractivity contribution in [2.45, 2.75) is 149 Å². The molecule has 42 heavy (non-hydrogen) atoms. The van der Waals surface area contributed by atoms with Crippen LogP contribution in [0.4, 0.5) is 0 Å². The minimum Gasteiger partial charge on any atom is -0.456 e. The number of quaternary nitrogens is 1. The van der Waals surface area contributed by atoms with Gasteiger partial charge >= 0.3 is 5.97 Å². The van der Waals surface area contributed by atoms with Gasteiger partial charge in [0.1, 0.15) is 6.04 Å². The van der Waals surface area contributed by atoms with Gasteiger partial charge in [-0.1, -0.05) is 34.1 Å². The molecular weight excluding hydrogens is 520 g/mol. The molecular formula is C37H65N2O3+. The summed E-state index contributed by atoms with van der Waals surface area (Å²) in [4.78, 5) is 15.5. The molecule has 5 unspecified atom stereocenters. The number of likely N-dealkylation sites (N-methyl/N-ethyl adjacent to an activating group) is 1. The number of likely N-dealkylation sites (tertiary alicyclic amines) is 2. The lowest BCUT2D eigenvalue weighted by Crippen LogP contribution is -2.62. The SMILES string of the molecule is CC[N+]1(C2C[C@H]3[C@@H]4CCC5CC(OCC(C)C)C(N6CCCCC6)C[C@]5(C)[C@@H]4CC[C@]3(C)C2OC(C)=O)CCCCC1. The molecule has 0 aromatic heterocycles. The zero-order valence-corrected chi connectivity index (χ0v) is 28.3. The fourth-order valence-corrected chi connectivity index (χ4v) is 12.3. The number of fused-ring (bicyclic) bond motifs is 5. The Bertz CT molecular complexity index is 941. The van der Waals surface area contributed by atoms with Crippen LogP contribution in [0, 0.1) is 40.4 Å². The third kappa shape index (κ3) is 5.42. The van der Waals surface area contributed by atoms with E-state index in [0.717, 1.165) is 24.4 Å². The summed E-state index contributed by atoms with van der Waals surface area (Å²) in [5, 5.41) is 0. The molecule has 6 fully saturated rings. The van der Waals surface area contributed by atoms with Gasteiger partial charge in [0.15, 0.2) is 6.10 Å². The van der Waals surface area contributed by atoms with Crippen molar-refractivity contribution in [1.29, 1.82) is 0 Å². The Morgan fingerprint density at radius 3 is 2.31 bits per heavy atom. The minimum absolute atomic E-state index is 0.0555. The maximum Gasteiger partial charge on any atom is 0.303 e. The fourth-order valence-electron chi connectivity index (χ4n) is 12.3. The lowest BCUT2D eigenvalue weighted by Gasteiger charge is -2.62. The van der Waals surface area contributed by atoms with Crippen LogP contribution in [0.5, 0.6) is 0 Å². The van der Waals surface area contributed by atoms with Gasteiger partial charge in [0.05, 0.1) is 25.7 Å². The van der Waals surface area contributed by atoms with Crippen LogP contribution < -0.4 is 0 Å². The second-order valence-corrected chi connectivity index (χ2v) is 16.9. The first-order valence-corrected chi connectivity index (χ1v) is 18.5. The Kier molecular flexibility index (Phi) is 9.16. The maximum atomic E-state index is 12.6. The number of carbonyl (C=O) groups excluding carboxylic acids is 1. The van der Waals surface area contributed by atoms with E-state index in [0.29, 0.717) is 35.4 Å². The van der Waals surface area contributed by atoms with Crippen molar-refractivity contribution < 1.29 is 18.8 Å². The molecule has 5 heteroatoms. The van der Waals surface area contributed by atoms with Crippen LogP contribution in [0.25, 0.3) is 0 Å². The van der Waals surface area contributed by atoms with Crippen molar-refractivity contribution >= 4 is 5.97 Å². The number of hydrogen-bond donors (Lipinski definition) is 0. The van der Waals surface area contributed by atoms with E-state index in [2.05, 4.69) is 39.5 Å². The van der Waals surface area contributed by atoms with E-state index in [9.17, 15) is 4.79 Å². The first-order valence-electron chi connectivity index (χ1n) is 18.5. The lowest BCUT2D eigenvalue weighted by molar-refractivity contribution is -0.956. The molecule has 2 aliphatic heterocycles. The van der Waals surface area contributed by atoms with Gasteiger partial charge in [0.25, 0.3) is 0 Å². The highest BCUT2D eigenvalue weighted by Crippen LogP contribution is 2.67. The molecule has 4 saturated carbocycles. The van der Waals surface area contributed by atoms with Gasteiger partial charge in [-0.2, -0.15) is 0 Å². The fraction of sp³-hybridized carbons (Fsp3) is 0.973. The van der Waals surface area contributed by atoms with E-state index in [1.54, 1.807) is 6.92 Å². The van der Waals surface area contributed by atoms with Crippen molar-refractivity contribution in [2.75, 3.05) is 39.3 Å². The Morgan fingerprint density at radius 1 is 0.929 bits per heavy atom. The molecule has 2 saturated heterocycles. The van der Waals surface area contributed by atoms with Gasteiger partial charge in [0, 0.05) is 31.4 Å². The van der Waals surface area contributed by atoms with Gasteiger partial charge in [-0.15, -0.1) is 0 Å². The Hall–Kier alpha value is -0.650. The second kappa shape index (κ2) is 12.3. The average Bonchev–Trinajstić information content (AvgIpc) is 3.28. The number of rotatable bonds is 7. The van der Waals surface area contributed by atoms with E-state index < -0.39 is 0 Å². The molecule has 6 aliphatic rings. The molecule has 0 aromatic rings. The molecule has 10 atom stereocenters. The van der Waals surface area contributed by atoms with Gasteiger partial charge < -0.3 is 14.0 Å². The van der Waals surface area contributed by atoms with Gasteiger partial charge in [-0.25, -0.2) is 0 Å². The Labute approximate surface area is 258 Å². The van der Waals surface area contributed by atoms with Gasteiger partial charge in [-0.3, -0.25) is 9.69 Å². The summed E-state index contributed by atoms with van der Waals surface area (Å²) in [6, 6.07) is 1.07. The number of ether oxygens (including phenoxy) is 2. The van der Waals surface area contributed by atoms with Crippen LogP contribution in [-0.4, -0.2) is 79.0 Å². The number of piperidine rings is 2. The third-order valence-corrected chi connectivity index (χ3v) is 14.4. The van der Waals surface area contributed by atoms with E-state index in [-0.39, 0.29) is 17.5 Å². The van der Waals surface area contributed by atoms with Crippen molar-refractivity contribution in [3.05, 3.63) is 0 Å². The highest BCUT2D eigenvalue weighted by Gasteiger charge is 2.67. The quantitative estimate of drug-likeness (QED) is 0.230. The minimum atomic E-state index is -0.0555. The summed E-state index contributed by atoms with van der Waals surface area (Å²) in [5.41, 5.74) is 0.531. The van der Waals surface area contributed by atoms with Crippen molar-refractivity contribution in [2.24, 2.45) is 40.4 Å². The summed E-state index contributed by atoms with van der Waals surface area (Å²) < 4.78 is 14.5. The van der Waals surface area contributed by atoms with Crippen LogP contribution in [0.1, 0.15) is 125 Å². The lowest BCUT2D eigenvalue weighted by atomic mass is 9.44. The maximum absolute atomic E-state index is 12.6. The zero-order valence-electron chi connectivity index (χ0n) is 28.3. The van der Waals surface area contributed by atoms with Crippen molar-refractivity contribution in [1.82, 2.24) is 4.90 Å². The van der Waals surface area contributed by atoms with Gasteiger partial charge in [-0.05, 0) is 126 Å². The number of carbonyl (C=O) groups is 1. The van der Waals surface area contributed by atoms with Crippen molar-refractivity contribution in [3.8, 4) is 0 Å². The summed E-state index contributed by atoms with van der Waals surface area (Å²) >= 11 is 0. The molecule has 0 spiro atoms. The molecule has 0 amide bonds. The molecule has 4 aliphatic carbocycles. The third-order valence-electron chi connectivity index (χ3n) is 14.4. The molecule has 2 heterocycles. The Morgan fingerprint density at radius 2 is 1.64 bits per heavy atom. The molecule has 6 rings (SSSR count). The highest BCUT2D eigenvalue weighted by molar-refractivity contribution is 5.66. The zero-order chi connectivity index (χ0) is 29.7. The van der Waals surface area contributed by atoms with E-state index in [4.69, 9.17) is 9.47 Å². The van der Waals surface area contributed by atoms with E-state index in [1.807, 2.05) is 0 Å². The second-order valence-electron chi connectivity index (χ2n) is 16.9. The van der Waals surface area contributed by atoms with Crippen LogP contribution >= 0.6 is 0 Å². The monoisotopic (exact) mass is 585 g/mol. The Balaban J connectivity index is 1.28. The average molecular weight is 586 g/mol. The van der Waals surface area contributed by atoms with Crippen molar-refractivity contribution in [3.63, 3.8) is 0 Å². The highest BCUT2D eigenvalue weighted by atomic mass is 16.5. The van der Waals surface area contributed by atoms with E-state index in [1.165, 1.54) is 121 Å². The van der Waals surface area contributed by atoms with Crippen LogP contribution in [-0.2, 0) is 14.3 Å². The molecule has 0 bridgehead atoms. The number of nitrogens with zero attached hydrogens (tertiary/aromatic N) is 2. The predicted octanol–water partition coefficient (Wildman–Crippen LogP) is 7.47. The van der Waals surface area contributed by atoms with Gasteiger partial charge in [0.2, 0.25) is 0 Å². The van der Waals surface area contributed by atoms with E-state index >= 15 is 0 Å². The largest absolute Gasteiger partial charge is 0.456 e. The number of hydrogen-bond acceptors (Lipinski definition) is 4. The van der Waals surface area contributed by atoms with Crippen LogP contribution in [0.15, 0.2) is 0 Å². The van der Waals surface area contributed by atoms with Crippen LogP contribution in [0.3, 0.4) is 0 Å². The number of esters is 1. The molecule has 0 radical (unpaired) electrons. The molecule has 5 nitrogen and oxygen atoms in total. The molecule has 0 aromatic carbocycles. The standard InChI is InChI=1S/C37H65N2O3/c1-7-39(20-12-9-13-21-39)33-23-31-29-15-14-28-22-34(41-25-26(2)3)32(38-18-10-8-11-19-38)24-37(28,6)30(29)16-17-36(31,5)35(33)42-27(4)40/h26,28-35H,7-25H2,1-6H3/q+1/t28?,29-,30-,31+,32?,33?,34?,35?,36+,37+/m1/s1. The summed E-state index contributed by atoms with van der Waals surface area (Å²) in [6.07, 6.45) is 17.8. The topological polar surface area (TPSA) is 38.8 Å².